The largest absolute Gasteiger partial charge is 0.489 e. The van der Waals surface area contributed by atoms with Crippen molar-refractivity contribution in [3.63, 3.8) is 0 Å². The topological polar surface area (TPSA) is 93.9 Å². The summed E-state index contributed by atoms with van der Waals surface area (Å²) in [7, 11) is 0. The number of hydrogen-bond acceptors (Lipinski definition) is 6. The molecule has 0 aliphatic heterocycles. The van der Waals surface area contributed by atoms with Crippen LogP contribution < -0.4 is 10.3 Å². The van der Waals surface area contributed by atoms with E-state index >= 15 is 0 Å². The highest BCUT2D eigenvalue weighted by Gasteiger charge is 2.36. The molecule has 158 valence electrons. The molecule has 3 heterocycles. The van der Waals surface area contributed by atoms with Gasteiger partial charge in [-0.25, -0.2) is 8.78 Å². The Morgan fingerprint density at radius 3 is 2.67 bits per heavy atom. The van der Waals surface area contributed by atoms with Gasteiger partial charge >= 0.3 is 6.43 Å². The van der Waals surface area contributed by atoms with Crippen molar-refractivity contribution in [3.05, 3.63) is 46.8 Å². The van der Waals surface area contributed by atoms with E-state index in [1.807, 2.05) is 0 Å². The fourth-order valence-electron chi connectivity index (χ4n) is 3.25. The second-order valence-corrected chi connectivity index (χ2v) is 6.90. The van der Waals surface area contributed by atoms with Crippen LogP contribution >= 0.6 is 0 Å². The minimum atomic E-state index is -2.91. The van der Waals surface area contributed by atoms with Gasteiger partial charge in [-0.05, 0) is 31.0 Å². The first-order valence-corrected chi connectivity index (χ1v) is 9.17. The third-order valence-corrected chi connectivity index (χ3v) is 4.77. The summed E-state index contributed by atoms with van der Waals surface area (Å²) >= 11 is 0. The Morgan fingerprint density at radius 2 is 1.97 bits per heavy atom. The third kappa shape index (κ3) is 4.19. The van der Waals surface area contributed by atoms with Crippen molar-refractivity contribution in [3.8, 4) is 28.5 Å². The van der Waals surface area contributed by atoms with Gasteiger partial charge in [0.1, 0.15) is 11.3 Å². The van der Waals surface area contributed by atoms with Crippen LogP contribution in [0.2, 0.25) is 0 Å². The summed E-state index contributed by atoms with van der Waals surface area (Å²) in [5.41, 5.74) is 0.0515. The number of nitrogens with one attached hydrogen (secondary N) is 1. The number of alkyl halides is 4. The molecule has 0 amide bonds. The maximum Gasteiger partial charge on any atom is 0.314 e. The number of aromatic nitrogens is 4. The maximum atomic E-state index is 13.4. The number of aromatic amines is 1. The maximum absolute atomic E-state index is 13.4. The SMILES string of the molecule is O=c1[nH]ccc(OC2CCC(F)(F)CC2)c1-c1cc(-c2nnc(C(F)F)o2)ccn1. The number of halogens is 4. The summed E-state index contributed by atoms with van der Waals surface area (Å²) in [4.78, 5) is 19.2. The lowest BCUT2D eigenvalue weighted by Gasteiger charge is -2.29. The van der Waals surface area contributed by atoms with Crippen molar-refractivity contribution in [1.82, 2.24) is 20.2 Å². The summed E-state index contributed by atoms with van der Waals surface area (Å²) in [6, 6.07) is 4.40. The second-order valence-electron chi connectivity index (χ2n) is 6.90. The molecule has 0 saturated heterocycles. The van der Waals surface area contributed by atoms with Crippen LogP contribution in [0.25, 0.3) is 22.7 Å². The molecule has 0 aromatic carbocycles. The first-order valence-electron chi connectivity index (χ1n) is 9.17. The van der Waals surface area contributed by atoms with E-state index in [-0.39, 0.29) is 54.1 Å². The standard InChI is InChI=1S/C19H16F4N4O3/c20-15(21)18-27-26-17(30-18)10-3-7-24-12(9-10)14-13(4-8-25-16(14)28)29-11-1-5-19(22,23)6-2-11/h3-4,7-9,11,15H,1-2,5-6H2,(H,25,28). The van der Waals surface area contributed by atoms with E-state index < -0.39 is 29.9 Å². The van der Waals surface area contributed by atoms with E-state index in [0.717, 1.165) is 0 Å². The molecule has 1 aliphatic carbocycles. The zero-order valence-corrected chi connectivity index (χ0v) is 15.4. The van der Waals surface area contributed by atoms with Crippen molar-refractivity contribution in [2.45, 2.75) is 44.1 Å². The Hall–Kier alpha value is -3.24. The van der Waals surface area contributed by atoms with Crippen LogP contribution in [-0.4, -0.2) is 32.2 Å². The van der Waals surface area contributed by atoms with Crippen molar-refractivity contribution in [2.75, 3.05) is 0 Å². The fourth-order valence-corrected chi connectivity index (χ4v) is 3.25. The zero-order valence-electron chi connectivity index (χ0n) is 15.4. The van der Waals surface area contributed by atoms with E-state index in [2.05, 4.69) is 20.2 Å². The first-order chi connectivity index (χ1) is 14.3. The molecular weight excluding hydrogens is 408 g/mol. The molecule has 4 rings (SSSR count). The lowest BCUT2D eigenvalue weighted by molar-refractivity contribution is -0.0581. The van der Waals surface area contributed by atoms with E-state index in [4.69, 9.17) is 9.15 Å². The molecule has 0 bridgehead atoms. The Balaban J connectivity index is 1.65. The lowest BCUT2D eigenvalue weighted by Crippen LogP contribution is -2.31. The molecule has 7 nitrogen and oxygen atoms in total. The highest BCUT2D eigenvalue weighted by Crippen LogP contribution is 2.36. The van der Waals surface area contributed by atoms with E-state index in [0.29, 0.717) is 0 Å². The van der Waals surface area contributed by atoms with Gasteiger partial charge in [-0.3, -0.25) is 9.78 Å². The molecule has 30 heavy (non-hydrogen) atoms. The molecule has 0 atom stereocenters. The Morgan fingerprint density at radius 1 is 1.20 bits per heavy atom. The van der Waals surface area contributed by atoms with E-state index in [1.165, 1.54) is 30.6 Å². The zero-order chi connectivity index (χ0) is 21.3. The lowest BCUT2D eigenvalue weighted by atomic mass is 9.94. The summed E-state index contributed by atoms with van der Waals surface area (Å²) < 4.78 is 63.0. The smallest absolute Gasteiger partial charge is 0.314 e. The molecule has 3 aromatic rings. The Bertz CT molecular complexity index is 1090. The van der Waals surface area contributed by atoms with E-state index in [9.17, 15) is 22.4 Å². The van der Waals surface area contributed by atoms with Crippen molar-refractivity contribution in [2.24, 2.45) is 0 Å². The number of nitrogens with zero attached hydrogens (tertiary/aromatic N) is 3. The molecule has 0 radical (unpaired) electrons. The van der Waals surface area contributed by atoms with Gasteiger partial charge in [-0.2, -0.15) is 8.78 Å². The van der Waals surface area contributed by atoms with Gasteiger partial charge in [-0.1, -0.05) is 0 Å². The molecule has 1 saturated carbocycles. The second kappa shape index (κ2) is 7.88. The average Bonchev–Trinajstić information content (AvgIpc) is 3.21. The Labute approximate surface area is 167 Å². The van der Waals surface area contributed by atoms with Crippen LogP contribution in [0.15, 0.2) is 39.8 Å². The van der Waals surface area contributed by atoms with Gasteiger partial charge in [0, 0.05) is 30.8 Å². The molecule has 1 fully saturated rings. The van der Waals surface area contributed by atoms with Gasteiger partial charge in [0.15, 0.2) is 0 Å². The summed E-state index contributed by atoms with van der Waals surface area (Å²) in [6.07, 6.45) is -0.883. The number of ether oxygens (including phenoxy) is 1. The van der Waals surface area contributed by atoms with Crippen LogP contribution in [0.4, 0.5) is 17.6 Å². The quantitative estimate of drug-likeness (QED) is 0.611. The predicted molar refractivity (Wildman–Crippen MR) is 96.4 cm³/mol. The predicted octanol–water partition coefficient (Wildman–Crippen LogP) is 4.38. The molecule has 11 heteroatoms. The molecule has 1 N–H and O–H groups in total. The average molecular weight is 424 g/mol. The molecule has 0 spiro atoms. The van der Waals surface area contributed by atoms with Crippen molar-refractivity contribution in [1.29, 1.82) is 0 Å². The molecule has 1 aliphatic rings. The molecule has 3 aromatic heterocycles. The molecule has 0 unspecified atom stereocenters. The van der Waals surface area contributed by atoms with Crippen molar-refractivity contribution < 1.29 is 26.7 Å². The monoisotopic (exact) mass is 424 g/mol. The Kier molecular flexibility index (Phi) is 5.27. The summed E-state index contributed by atoms with van der Waals surface area (Å²) in [5, 5.41) is 6.86. The summed E-state index contributed by atoms with van der Waals surface area (Å²) in [6.45, 7) is 0. The number of pyridine rings is 2. The minimum Gasteiger partial charge on any atom is -0.489 e. The van der Waals surface area contributed by atoms with Gasteiger partial charge < -0.3 is 14.1 Å². The van der Waals surface area contributed by atoms with Gasteiger partial charge in [0.2, 0.25) is 11.8 Å². The van der Waals surface area contributed by atoms with Crippen LogP contribution in [-0.2, 0) is 0 Å². The first kappa shape index (κ1) is 20.0. The van der Waals surface area contributed by atoms with Crippen LogP contribution in [0, 0.1) is 0 Å². The number of rotatable bonds is 5. The van der Waals surface area contributed by atoms with Crippen molar-refractivity contribution >= 4 is 0 Å². The third-order valence-electron chi connectivity index (χ3n) is 4.77. The fraction of sp³-hybridized carbons (Fsp3) is 0.368. The van der Waals surface area contributed by atoms with Crippen LogP contribution in [0.1, 0.15) is 38.0 Å². The van der Waals surface area contributed by atoms with Gasteiger partial charge in [0.25, 0.3) is 11.4 Å². The van der Waals surface area contributed by atoms with Gasteiger partial charge in [0.05, 0.1) is 11.8 Å². The highest BCUT2D eigenvalue weighted by molar-refractivity contribution is 5.70. The minimum absolute atomic E-state index is 0.0882. The molecular formula is C19H16F4N4O3. The highest BCUT2D eigenvalue weighted by atomic mass is 19.3. The summed E-state index contributed by atoms with van der Waals surface area (Å²) in [5.74, 6) is -3.48. The van der Waals surface area contributed by atoms with Crippen LogP contribution in [0.3, 0.4) is 0 Å². The van der Waals surface area contributed by atoms with Crippen LogP contribution in [0.5, 0.6) is 5.75 Å². The number of hydrogen-bond donors (Lipinski definition) is 1. The van der Waals surface area contributed by atoms with E-state index in [1.54, 1.807) is 0 Å². The van der Waals surface area contributed by atoms with Gasteiger partial charge in [-0.15, -0.1) is 10.2 Å². The normalized spacial score (nSPS) is 16.7. The number of H-pyrrole nitrogens is 1.